The molecule has 0 aliphatic heterocycles. The average molecular weight is 298 g/mol. The maximum atomic E-state index is 12.4. The molecular weight excluding hydrogens is 285 g/mol. The van der Waals surface area contributed by atoms with Crippen molar-refractivity contribution < 1.29 is 22.7 Å². The maximum Gasteiger partial charge on any atom is 0.573 e. The summed E-state index contributed by atoms with van der Waals surface area (Å²) < 4.78 is 42.9. The van der Waals surface area contributed by atoms with Crippen molar-refractivity contribution in [2.45, 2.75) is 26.3 Å². The van der Waals surface area contributed by atoms with Gasteiger partial charge in [0.05, 0.1) is 6.20 Å². The van der Waals surface area contributed by atoms with Crippen molar-refractivity contribution in [3.8, 4) is 16.9 Å². The highest BCUT2D eigenvalue weighted by atomic mass is 19.4. The molecule has 0 unspecified atom stereocenters. The number of aromatic nitrogens is 2. The van der Waals surface area contributed by atoms with Gasteiger partial charge in [0.25, 0.3) is 0 Å². The summed E-state index contributed by atoms with van der Waals surface area (Å²) in [5, 5.41) is 4.07. The number of hydrogen-bond acceptors (Lipinski definition) is 3. The van der Waals surface area contributed by atoms with E-state index in [1.54, 1.807) is 10.9 Å². The van der Waals surface area contributed by atoms with Gasteiger partial charge in [-0.2, -0.15) is 5.10 Å². The molecule has 0 spiro atoms. The molecule has 0 aliphatic carbocycles. The molecule has 0 saturated carbocycles. The van der Waals surface area contributed by atoms with Crippen LogP contribution in [0.15, 0.2) is 30.6 Å². The molecule has 1 aromatic heterocycles. The zero-order valence-electron chi connectivity index (χ0n) is 11.2. The molecule has 7 heteroatoms. The highest BCUT2D eigenvalue weighted by molar-refractivity contribution is 5.81. The van der Waals surface area contributed by atoms with Crippen LogP contribution in [0.1, 0.15) is 23.7 Å². The largest absolute Gasteiger partial charge is 0.573 e. The topological polar surface area (TPSA) is 44.1 Å². The summed E-state index contributed by atoms with van der Waals surface area (Å²) in [5.41, 5.74) is 0.911. The van der Waals surface area contributed by atoms with Crippen molar-refractivity contribution in [1.29, 1.82) is 0 Å². The quantitative estimate of drug-likeness (QED) is 0.791. The number of hydrogen-bond donors (Lipinski definition) is 0. The second-order valence-electron chi connectivity index (χ2n) is 4.41. The van der Waals surface area contributed by atoms with Crippen LogP contribution in [0.4, 0.5) is 13.2 Å². The predicted octanol–water partition coefficient (Wildman–Crippen LogP) is 3.67. The SMILES string of the molecule is CCCn1cc(-c2cc(C=O)ccc2OC(F)(F)F)cn1. The van der Waals surface area contributed by atoms with Crippen LogP contribution in [0.3, 0.4) is 0 Å². The Bertz CT molecular complexity index is 635. The molecule has 0 aliphatic rings. The van der Waals surface area contributed by atoms with Crippen molar-refractivity contribution in [3.63, 3.8) is 0 Å². The number of carbonyl (C=O) groups is 1. The second-order valence-corrected chi connectivity index (χ2v) is 4.41. The Labute approximate surface area is 119 Å². The van der Waals surface area contributed by atoms with E-state index in [2.05, 4.69) is 9.84 Å². The molecule has 1 aromatic carbocycles. The molecular formula is C14H13F3N2O2. The van der Waals surface area contributed by atoms with Crippen LogP contribution in [0.25, 0.3) is 11.1 Å². The van der Waals surface area contributed by atoms with Crippen LogP contribution in [0.2, 0.25) is 0 Å². The Balaban J connectivity index is 2.44. The smallest absolute Gasteiger partial charge is 0.405 e. The Hall–Kier alpha value is -2.31. The molecule has 0 radical (unpaired) electrons. The van der Waals surface area contributed by atoms with E-state index in [0.717, 1.165) is 12.5 Å². The molecule has 0 N–H and O–H groups in total. The van der Waals surface area contributed by atoms with E-state index in [1.165, 1.54) is 18.3 Å². The number of nitrogens with zero attached hydrogens (tertiary/aromatic N) is 2. The molecule has 0 atom stereocenters. The van der Waals surface area contributed by atoms with Crippen molar-refractivity contribution >= 4 is 6.29 Å². The van der Waals surface area contributed by atoms with Crippen LogP contribution in [-0.4, -0.2) is 22.4 Å². The van der Waals surface area contributed by atoms with Gasteiger partial charge in [-0.1, -0.05) is 6.92 Å². The van der Waals surface area contributed by atoms with Gasteiger partial charge < -0.3 is 4.74 Å². The number of aryl methyl sites for hydroxylation is 1. The lowest BCUT2D eigenvalue weighted by molar-refractivity contribution is -0.274. The third-order valence-electron chi connectivity index (χ3n) is 2.76. The predicted molar refractivity (Wildman–Crippen MR) is 70.0 cm³/mol. The van der Waals surface area contributed by atoms with Gasteiger partial charge in [-0.15, -0.1) is 13.2 Å². The highest BCUT2D eigenvalue weighted by Crippen LogP contribution is 2.34. The van der Waals surface area contributed by atoms with Gasteiger partial charge in [0.2, 0.25) is 0 Å². The monoisotopic (exact) mass is 298 g/mol. The van der Waals surface area contributed by atoms with Gasteiger partial charge in [-0.25, -0.2) is 0 Å². The first-order valence-corrected chi connectivity index (χ1v) is 6.30. The maximum absolute atomic E-state index is 12.4. The van der Waals surface area contributed by atoms with E-state index in [-0.39, 0.29) is 16.9 Å². The molecule has 2 aromatic rings. The number of ether oxygens (including phenoxy) is 1. The van der Waals surface area contributed by atoms with Crippen LogP contribution in [0, 0.1) is 0 Å². The summed E-state index contributed by atoms with van der Waals surface area (Å²) in [4.78, 5) is 10.8. The Kier molecular flexibility index (Phi) is 4.30. The Morgan fingerprint density at radius 3 is 2.76 bits per heavy atom. The minimum atomic E-state index is -4.79. The standard InChI is InChI=1S/C14H13F3N2O2/c1-2-5-19-8-11(7-18-19)12-6-10(9-20)3-4-13(12)21-14(15,16)17/h3-4,6-9H,2,5H2,1H3. The van der Waals surface area contributed by atoms with Gasteiger partial charge >= 0.3 is 6.36 Å². The molecule has 21 heavy (non-hydrogen) atoms. The molecule has 0 fully saturated rings. The fraction of sp³-hybridized carbons (Fsp3) is 0.286. The van der Waals surface area contributed by atoms with Crippen LogP contribution in [-0.2, 0) is 6.54 Å². The van der Waals surface area contributed by atoms with Crippen LogP contribution in [0.5, 0.6) is 5.75 Å². The van der Waals surface area contributed by atoms with Gasteiger partial charge in [0, 0.05) is 29.4 Å². The lowest BCUT2D eigenvalue weighted by atomic mass is 10.1. The third-order valence-corrected chi connectivity index (χ3v) is 2.76. The fourth-order valence-corrected chi connectivity index (χ4v) is 1.91. The van der Waals surface area contributed by atoms with E-state index in [9.17, 15) is 18.0 Å². The molecule has 0 saturated heterocycles. The summed E-state index contributed by atoms with van der Waals surface area (Å²) in [7, 11) is 0. The zero-order valence-corrected chi connectivity index (χ0v) is 11.2. The molecule has 0 amide bonds. The van der Waals surface area contributed by atoms with Gasteiger partial charge in [-0.05, 0) is 24.6 Å². The lowest BCUT2D eigenvalue weighted by Crippen LogP contribution is -2.17. The molecule has 112 valence electrons. The van der Waals surface area contributed by atoms with E-state index in [4.69, 9.17) is 0 Å². The number of aldehydes is 1. The molecule has 4 nitrogen and oxygen atoms in total. The van der Waals surface area contributed by atoms with E-state index >= 15 is 0 Å². The Morgan fingerprint density at radius 1 is 1.38 bits per heavy atom. The van der Waals surface area contributed by atoms with Gasteiger partial charge in [0.15, 0.2) is 0 Å². The lowest BCUT2D eigenvalue weighted by Gasteiger charge is -2.12. The number of alkyl halides is 3. The molecule has 2 rings (SSSR count). The minimum absolute atomic E-state index is 0.180. The first kappa shape index (κ1) is 15.1. The van der Waals surface area contributed by atoms with E-state index in [1.807, 2.05) is 6.92 Å². The number of halogens is 3. The zero-order chi connectivity index (χ0) is 15.5. The van der Waals surface area contributed by atoms with Crippen molar-refractivity contribution in [2.75, 3.05) is 0 Å². The summed E-state index contributed by atoms with van der Waals surface area (Å²) in [5.74, 6) is -0.357. The fourth-order valence-electron chi connectivity index (χ4n) is 1.91. The minimum Gasteiger partial charge on any atom is -0.405 e. The van der Waals surface area contributed by atoms with Crippen molar-refractivity contribution in [2.24, 2.45) is 0 Å². The van der Waals surface area contributed by atoms with Crippen LogP contribution < -0.4 is 4.74 Å². The van der Waals surface area contributed by atoms with E-state index < -0.39 is 6.36 Å². The van der Waals surface area contributed by atoms with Crippen LogP contribution >= 0.6 is 0 Å². The number of carbonyl (C=O) groups excluding carboxylic acids is 1. The van der Waals surface area contributed by atoms with Crippen molar-refractivity contribution in [1.82, 2.24) is 9.78 Å². The molecule has 0 bridgehead atoms. The van der Waals surface area contributed by atoms with Gasteiger partial charge in [-0.3, -0.25) is 9.48 Å². The van der Waals surface area contributed by atoms with Gasteiger partial charge in [0.1, 0.15) is 12.0 Å². The summed E-state index contributed by atoms with van der Waals surface area (Å²) in [6.45, 7) is 2.62. The first-order valence-electron chi connectivity index (χ1n) is 6.30. The normalized spacial score (nSPS) is 11.4. The first-order chi connectivity index (χ1) is 9.93. The summed E-state index contributed by atoms with van der Waals surface area (Å²) in [6.07, 6.45) is -0.310. The summed E-state index contributed by atoms with van der Waals surface area (Å²) in [6, 6.07) is 3.75. The average Bonchev–Trinajstić information content (AvgIpc) is 2.86. The van der Waals surface area contributed by atoms with E-state index in [0.29, 0.717) is 18.4 Å². The third kappa shape index (κ3) is 3.84. The molecule has 1 heterocycles. The highest BCUT2D eigenvalue weighted by Gasteiger charge is 2.32. The number of benzene rings is 1. The second kappa shape index (κ2) is 5.99. The number of rotatable bonds is 5. The Morgan fingerprint density at radius 2 is 2.14 bits per heavy atom. The van der Waals surface area contributed by atoms with Crippen molar-refractivity contribution in [3.05, 3.63) is 36.2 Å². The summed E-state index contributed by atoms with van der Waals surface area (Å²) >= 11 is 0.